The van der Waals surface area contributed by atoms with E-state index in [-0.39, 0.29) is 5.43 Å². The average Bonchev–Trinajstić information content (AvgIpc) is 1.80. The Morgan fingerprint density at radius 1 is 1.67 bits per heavy atom. The summed E-state index contributed by atoms with van der Waals surface area (Å²) in [7, 11) is 0. The molecule has 0 aliphatic carbocycles. The average molecular weight is 254 g/mol. The van der Waals surface area contributed by atoms with Gasteiger partial charge in [-0.1, -0.05) is 0 Å². The molecule has 0 unspecified atom stereocenters. The molecule has 0 saturated heterocycles. The van der Waals surface area contributed by atoms with Crippen LogP contribution in [0.3, 0.4) is 0 Å². The Morgan fingerprint density at radius 2 is 2.33 bits per heavy atom. The molecule has 5 heteroatoms. The molecule has 0 N–H and O–H groups in total. The largest absolute Gasteiger partial charge is 0.288 e. The predicted octanol–water partition coefficient (Wildman–Crippen LogP) is 1.16. The molecule has 0 aromatic carbocycles. The summed E-state index contributed by atoms with van der Waals surface area (Å²) in [5.74, 6) is 0. The van der Waals surface area contributed by atoms with Crippen LogP contribution in [-0.4, -0.2) is 8.81 Å². The van der Waals surface area contributed by atoms with Gasteiger partial charge in [-0.2, -0.15) is 8.81 Å². The van der Waals surface area contributed by atoms with Gasteiger partial charge in [0.1, 0.15) is 4.60 Å². The highest BCUT2D eigenvalue weighted by Gasteiger charge is 1.91. The molecule has 0 saturated carbocycles. The maximum atomic E-state index is 10.5. The summed E-state index contributed by atoms with van der Waals surface area (Å²) in [5, 5.41) is 3.65. The summed E-state index contributed by atoms with van der Waals surface area (Å²) in [6, 6.07) is 1.42. The molecule has 9 heavy (non-hydrogen) atoms. The van der Waals surface area contributed by atoms with Gasteiger partial charge < -0.3 is 0 Å². The predicted molar refractivity (Wildman–Crippen MR) is 40.5 cm³/mol. The first kappa shape index (κ1) is 6.95. The van der Waals surface area contributed by atoms with Crippen LogP contribution in [0.2, 0.25) is 0 Å². The van der Waals surface area contributed by atoms with Crippen LogP contribution in [0, 0.1) is 0 Å². The Labute approximate surface area is 68.2 Å². The van der Waals surface area contributed by atoms with E-state index < -0.39 is 0 Å². The zero-order valence-corrected chi connectivity index (χ0v) is 7.39. The highest BCUT2D eigenvalue weighted by molar-refractivity contribution is 9.11. The second-order valence-electron chi connectivity index (χ2n) is 1.37. The summed E-state index contributed by atoms with van der Waals surface area (Å²) >= 11 is 6.15. The lowest BCUT2D eigenvalue weighted by atomic mass is 10.6. The minimum absolute atomic E-state index is 0.113. The highest BCUT2D eigenvalue weighted by Crippen LogP contribution is 2.05. The third-order valence-corrected chi connectivity index (χ3v) is 2.33. The summed E-state index contributed by atoms with van der Waals surface area (Å²) < 4.78 is 1.99. The fraction of sp³-hybridized carbons (Fsp3) is 0. The lowest BCUT2D eigenvalue weighted by molar-refractivity contribution is 0.942. The van der Waals surface area contributed by atoms with Gasteiger partial charge in [-0.3, -0.25) is 4.79 Å². The molecule has 0 amide bonds. The fourth-order valence-electron chi connectivity index (χ4n) is 0.371. The van der Waals surface area contributed by atoms with E-state index in [2.05, 4.69) is 37.2 Å². The molecule has 1 aromatic heterocycles. The maximum absolute atomic E-state index is 10.5. The van der Waals surface area contributed by atoms with Crippen molar-refractivity contribution in [2.45, 2.75) is 0 Å². The summed E-state index contributed by atoms with van der Waals surface area (Å²) in [6.07, 6.45) is 1.22. The van der Waals surface area contributed by atoms with E-state index in [0.29, 0.717) is 4.60 Å². The molecular formula is C4H2Br2N2O. The lowest BCUT2D eigenvalue weighted by Gasteiger charge is -1.92. The molecule has 0 radical (unpaired) electrons. The fourth-order valence-corrected chi connectivity index (χ4v) is 0.882. The van der Waals surface area contributed by atoms with Crippen molar-refractivity contribution < 1.29 is 0 Å². The summed E-state index contributed by atoms with van der Waals surface area (Å²) in [6.45, 7) is 0. The Kier molecular flexibility index (Phi) is 2.02. The van der Waals surface area contributed by atoms with Crippen LogP contribution in [0.25, 0.3) is 0 Å². The lowest BCUT2D eigenvalue weighted by Crippen LogP contribution is -2.03. The number of halogens is 2. The van der Waals surface area contributed by atoms with E-state index in [4.69, 9.17) is 0 Å². The molecule has 0 bridgehead atoms. The Balaban J connectivity index is 3.34. The summed E-state index contributed by atoms with van der Waals surface area (Å²) in [4.78, 5) is 10.5. The van der Waals surface area contributed by atoms with Crippen molar-refractivity contribution in [3.63, 3.8) is 0 Å². The Morgan fingerprint density at radius 3 is 2.78 bits per heavy atom. The first-order valence-electron chi connectivity index (χ1n) is 2.11. The van der Waals surface area contributed by atoms with E-state index in [9.17, 15) is 4.79 Å². The van der Waals surface area contributed by atoms with Gasteiger partial charge in [0.2, 0.25) is 5.43 Å². The molecule has 3 nitrogen and oxygen atoms in total. The third-order valence-electron chi connectivity index (χ3n) is 0.724. The van der Waals surface area contributed by atoms with Gasteiger partial charge in [-0.05, 0) is 15.9 Å². The van der Waals surface area contributed by atoms with Gasteiger partial charge in [0.25, 0.3) is 0 Å². The first-order chi connectivity index (χ1) is 4.20. The van der Waals surface area contributed by atoms with Crippen molar-refractivity contribution >= 4 is 32.1 Å². The quantitative estimate of drug-likeness (QED) is 0.696. The molecule has 48 valence electrons. The topological polar surface area (TPSA) is 34.9 Å². The number of hydrogen-bond acceptors (Lipinski definition) is 2. The molecule has 1 heterocycles. The number of rotatable bonds is 0. The van der Waals surface area contributed by atoms with E-state index >= 15 is 0 Å². The Bertz CT molecular complexity index is 270. The van der Waals surface area contributed by atoms with Gasteiger partial charge >= 0.3 is 0 Å². The van der Waals surface area contributed by atoms with Crippen molar-refractivity contribution in [3.05, 3.63) is 27.1 Å². The highest BCUT2D eigenvalue weighted by atomic mass is 79.9. The summed E-state index contributed by atoms with van der Waals surface area (Å²) in [5.41, 5.74) is -0.113. The van der Waals surface area contributed by atoms with Crippen molar-refractivity contribution in [1.82, 2.24) is 8.81 Å². The molecule has 0 atom stereocenters. The normalized spacial score (nSPS) is 9.56. The van der Waals surface area contributed by atoms with Crippen LogP contribution < -0.4 is 5.43 Å². The maximum Gasteiger partial charge on any atom is 0.201 e. The van der Waals surface area contributed by atoms with Crippen molar-refractivity contribution in [2.24, 2.45) is 0 Å². The van der Waals surface area contributed by atoms with Gasteiger partial charge in [0, 0.05) is 6.07 Å². The SMILES string of the molecule is O=c1cnn(Br)c(Br)c1. The van der Waals surface area contributed by atoms with Crippen LogP contribution in [0.5, 0.6) is 0 Å². The van der Waals surface area contributed by atoms with Crippen LogP contribution in [-0.2, 0) is 0 Å². The Hall–Kier alpha value is -0.160. The molecule has 0 aliphatic heterocycles. The monoisotopic (exact) mass is 252 g/mol. The van der Waals surface area contributed by atoms with Crippen molar-refractivity contribution in [1.29, 1.82) is 0 Å². The minimum Gasteiger partial charge on any atom is -0.288 e. The number of aromatic nitrogens is 2. The van der Waals surface area contributed by atoms with Crippen LogP contribution in [0.15, 0.2) is 21.7 Å². The standard InChI is InChI=1S/C4H2Br2N2O/c5-4-1-3(9)2-7-8(4)6/h1-2H. The molecule has 0 fully saturated rings. The second kappa shape index (κ2) is 2.62. The minimum atomic E-state index is -0.113. The molecule has 1 rings (SSSR count). The third kappa shape index (κ3) is 1.62. The zero-order chi connectivity index (χ0) is 6.85. The molecule has 0 spiro atoms. The van der Waals surface area contributed by atoms with Gasteiger partial charge in [-0.25, -0.2) is 0 Å². The van der Waals surface area contributed by atoms with Gasteiger partial charge in [-0.15, -0.1) is 0 Å². The van der Waals surface area contributed by atoms with Crippen LogP contribution >= 0.6 is 32.1 Å². The van der Waals surface area contributed by atoms with Gasteiger partial charge in [0.15, 0.2) is 0 Å². The first-order valence-corrected chi connectivity index (χ1v) is 3.61. The zero-order valence-electron chi connectivity index (χ0n) is 4.21. The molecule has 1 aromatic rings. The molecular weight excluding hydrogens is 252 g/mol. The van der Waals surface area contributed by atoms with E-state index in [1.54, 1.807) is 0 Å². The molecule has 0 aliphatic rings. The van der Waals surface area contributed by atoms with Crippen molar-refractivity contribution in [2.75, 3.05) is 0 Å². The van der Waals surface area contributed by atoms with E-state index in [1.807, 2.05) is 0 Å². The second-order valence-corrected chi connectivity index (χ2v) is 2.86. The van der Waals surface area contributed by atoms with Gasteiger partial charge in [0.05, 0.1) is 22.3 Å². The van der Waals surface area contributed by atoms with E-state index in [1.165, 1.54) is 16.0 Å². The van der Waals surface area contributed by atoms with Crippen LogP contribution in [0.1, 0.15) is 0 Å². The van der Waals surface area contributed by atoms with Crippen LogP contribution in [0.4, 0.5) is 0 Å². The number of nitrogens with zero attached hydrogens (tertiary/aromatic N) is 2. The van der Waals surface area contributed by atoms with E-state index in [0.717, 1.165) is 0 Å². The van der Waals surface area contributed by atoms with Crippen molar-refractivity contribution in [3.8, 4) is 0 Å². The number of hydrogen-bond donors (Lipinski definition) is 0. The smallest absolute Gasteiger partial charge is 0.201 e.